The Bertz CT molecular complexity index is 966. The first kappa shape index (κ1) is 22.1. The van der Waals surface area contributed by atoms with Gasteiger partial charge in [-0.15, -0.1) is 0 Å². The molecule has 3 atom stereocenters. The second kappa shape index (κ2) is 9.58. The summed E-state index contributed by atoms with van der Waals surface area (Å²) < 4.78 is 0. The van der Waals surface area contributed by atoms with Gasteiger partial charge in [0.15, 0.2) is 6.10 Å². The van der Waals surface area contributed by atoms with E-state index in [1.165, 1.54) is 9.96 Å². The summed E-state index contributed by atoms with van der Waals surface area (Å²) in [7, 11) is 0. The zero-order chi connectivity index (χ0) is 22.7. The van der Waals surface area contributed by atoms with E-state index in [0.29, 0.717) is 12.5 Å². The van der Waals surface area contributed by atoms with Crippen LogP contribution < -0.4 is 5.32 Å². The number of nitrogens with one attached hydrogen (secondary N) is 1. The predicted octanol–water partition coefficient (Wildman–Crippen LogP) is 2.09. The number of likely N-dealkylation sites (tertiary alicyclic amines) is 1. The van der Waals surface area contributed by atoms with Gasteiger partial charge in [0.2, 0.25) is 11.8 Å². The molecule has 0 radical (unpaired) electrons. The molecule has 3 amide bonds. The lowest BCUT2D eigenvalue weighted by atomic mass is 9.91. The number of carbonyl (C=O) groups excluding carboxylic acids is 3. The maximum atomic E-state index is 13.3. The molecule has 1 aromatic heterocycles. The Kier molecular flexibility index (Phi) is 6.62. The van der Waals surface area contributed by atoms with E-state index >= 15 is 0 Å². The van der Waals surface area contributed by atoms with Crippen molar-refractivity contribution in [1.29, 1.82) is 0 Å². The molecule has 2 fully saturated rings. The van der Waals surface area contributed by atoms with Crippen LogP contribution in [0.3, 0.4) is 0 Å². The monoisotopic (exact) mass is 436 g/mol. The Labute approximate surface area is 187 Å². The molecule has 0 saturated carbocycles. The number of hydroxylamine groups is 2. The van der Waals surface area contributed by atoms with E-state index in [2.05, 4.69) is 24.1 Å². The Morgan fingerprint density at radius 2 is 1.81 bits per heavy atom. The van der Waals surface area contributed by atoms with Crippen LogP contribution in [0.1, 0.15) is 37.4 Å². The van der Waals surface area contributed by atoms with Gasteiger partial charge < -0.3 is 5.32 Å². The average Bonchev–Trinajstić information content (AvgIpc) is 3.25. The Morgan fingerprint density at radius 1 is 1.09 bits per heavy atom. The minimum absolute atomic E-state index is 0.0582. The summed E-state index contributed by atoms with van der Waals surface area (Å²) in [5, 5.41) is 4.37. The average molecular weight is 437 g/mol. The molecular formula is C24H28N4O4. The highest BCUT2D eigenvalue weighted by Crippen LogP contribution is 2.44. The minimum atomic E-state index is -0.937. The highest BCUT2D eigenvalue weighted by molar-refractivity contribution is 6.07. The zero-order valence-corrected chi connectivity index (χ0v) is 18.3. The third-order valence-electron chi connectivity index (χ3n) is 5.86. The topological polar surface area (TPSA) is 91.8 Å². The Hall–Kier alpha value is -3.10. The van der Waals surface area contributed by atoms with E-state index in [4.69, 9.17) is 4.84 Å². The maximum absolute atomic E-state index is 13.3. The summed E-state index contributed by atoms with van der Waals surface area (Å²) in [5.41, 5.74) is 1.65. The van der Waals surface area contributed by atoms with Crippen LogP contribution in [0.5, 0.6) is 0 Å². The summed E-state index contributed by atoms with van der Waals surface area (Å²) in [6.07, 6.45) is 3.20. The lowest BCUT2D eigenvalue weighted by Crippen LogP contribution is -2.41. The van der Waals surface area contributed by atoms with Crippen LogP contribution in [0.2, 0.25) is 0 Å². The molecule has 2 aliphatic rings. The van der Waals surface area contributed by atoms with E-state index in [-0.39, 0.29) is 30.8 Å². The lowest BCUT2D eigenvalue weighted by molar-refractivity contribution is -0.182. The van der Waals surface area contributed by atoms with Gasteiger partial charge in [0.25, 0.3) is 5.91 Å². The van der Waals surface area contributed by atoms with Gasteiger partial charge in [0.1, 0.15) is 6.54 Å². The lowest BCUT2D eigenvalue weighted by Gasteiger charge is -2.26. The number of nitrogens with zero attached hydrogens (tertiary/aromatic N) is 3. The van der Waals surface area contributed by atoms with E-state index < -0.39 is 18.1 Å². The van der Waals surface area contributed by atoms with Crippen molar-refractivity contribution in [3.63, 3.8) is 0 Å². The SMILES string of the molecule is CC(C)CCNC(=O)CN1OC2C(=O)N(Cc3ccccc3)C(=O)C2C1c1ccncc1. The van der Waals surface area contributed by atoms with Crippen molar-refractivity contribution in [1.82, 2.24) is 20.3 Å². The Balaban J connectivity index is 1.54. The Morgan fingerprint density at radius 3 is 2.50 bits per heavy atom. The highest BCUT2D eigenvalue weighted by Gasteiger charge is 2.59. The van der Waals surface area contributed by atoms with Gasteiger partial charge in [-0.3, -0.25) is 29.1 Å². The molecule has 1 aromatic carbocycles. The van der Waals surface area contributed by atoms with Crippen LogP contribution in [0.15, 0.2) is 54.9 Å². The second-order valence-electron chi connectivity index (χ2n) is 8.63. The molecule has 8 nitrogen and oxygen atoms in total. The molecule has 2 saturated heterocycles. The van der Waals surface area contributed by atoms with Gasteiger partial charge in [-0.05, 0) is 35.6 Å². The fourth-order valence-electron chi connectivity index (χ4n) is 4.22. The molecule has 168 valence electrons. The molecule has 2 aliphatic heterocycles. The summed E-state index contributed by atoms with van der Waals surface area (Å²) in [6, 6.07) is 12.4. The van der Waals surface area contributed by atoms with Crippen molar-refractivity contribution in [3.8, 4) is 0 Å². The molecule has 32 heavy (non-hydrogen) atoms. The molecule has 3 heterocycles. The fourth-order valence-corrected chi connectivity index (χ4v) is 4.22. The van der Waals surface area contributed by atoms with Crippen LogP contribution >= 0.6 is 0 Å². The fraction of sp³-hybridized carbons (Fsp3) is 0.417. The van der Waals surface area contributed by atoms with Crippen LogP contribution in [0.4, 0.5) is 0 Å². The molecule has 0 spiro atoms. The molecule has 8 heteroatoms. The molecular weight excluding hydrogens is 408 g/mol. The highest BCUT2D eigenvalue weighted by atomic mass is 16.7. The van der Waals surface area contributed by atoms with E-state index in [9.17, 15) is 14.4 Å². The van der Waals surface area contributed by atoms with Crippen LogP contribution in [-0.4, -0.2) is 51.9 Å². The molecule has 0 aliphatic carbocycles. The number of aromatic nitrogens is 1. The van der Waals surface area contributed by atoms with Crippen molar-refractivity contribution in [2.75, 3.05) is 13.1 Å². The number of imide groups is 1. The van der Waals surface area contributed by atoms with E-state index in [0.717, 1.165) is 17.5 Å². The van der Waals surface area contributed by atoms with Crippen molar-refractivity contribution < 1.29 is 19.2 Å². The van der Waals surface area contributed by atoms with Crippen molar-refractivity contribution in [3.05, 3.63) is 66.0 Å². The first-order chi connectivity index (χ1) is 15.5. The number of fused-ring (bicyclic) bond motifs is 1. The number of hydrogen-bond acceptors (Lipinski definition) is 6. The van der Waals surface area contributed by atoms with Crippen LogP contribution in [0.25, 0.3) is 0 Å². The zero-order valence-electron chi connectivity index (χ0n) is 18.3. The van der Waals surface area contributed by atoms with E-state index in [1.54, 1.807) is 24.5 Å². The standard InChI is InChI=1S/C24H28N4O4/c1-16(2)8-13-26-19(29)15-28-21(18-9-11-25-12-10-18)20-22(32-28)24(31)27(23(20)30)14-17-6-4-3-5-7-17/h3-7,9-12,16,20-22H,8,13-15H2,1-2H3,(H,26,29). The van der Waals surface area contributed by atoms with Gasteiger partial charge in [0.05, 0.1) is 18.5 Å². The second-order valence-corrected chi connectivity index (χ2v) is 8.63. The maximum Gasteiger partial charge on any atom is 0.261 e. The molecule has 2 aromatic rings. The summed E-state index contributed by atoms with van der Waals surface area (Å²) in [5.74, 6) is -1.09. The van der Waals surface area contributed by atoms with Crippen LogP contribution in [-0.2, 0) is 25.8 Å². The third-order valence-corrected chi connectivity index (χ3v) is 5.86. The number of carbonyl (C=O) groups is 3. The smallest absolute Gasteiger partial charge is 0.261 e. The largest absolute Gasteiger partial charge is 0.355 e. The minimum Gasteiger partial charge on any atom is -0.355 e. The number of benzene rings is 1. The number of rotatable bonds is 8. The normalized spacial score (nSPS) is 23.1. The van der Waals surface area contributed by atoms with Gasteiger partial charge in [-0.2, -0.15) is 5.06 Å². The third kappa shape index (κ3) is 4.56. The summed E-state index contributed by atoms with van der Waals surface area (Å²) in [4.78, 5) is 50.2. The van der Waals surface area contributed by atoms with E-state index in [1.807, 2.05) is 30.3 Å². The first-order valence-electron chi connectivity index (χ1n) is 10.9. The molecule has 4 rings (SSSR count). The van der Waals surface area contributed by atoms with Gasteiger partial charge >= 0.3 is 0 Å². The van der Waals surface area contributed by atoms with Crippen molar-refractivity contribution in [2.24, 2.45) is 11.8 Å². The summed E-state index contributed by atoms with van der Waals surface area (Å²) in [6.45, 7) is 4.90. The quantitative estimate of drug-likeness (QED) is 0.637. The predicted molar refractivity (Wildman–Crippen MR) is 117 cm³/mol. The first-order valence-corrected chi connectivity index (χ1v) is 10.9. The van der Waals surface area contributed by atoms with Crippen molar-refractivity contribution >= 4 is 17.7 Å². The van der Waals surface area contributed by atoms with Gasteiger partial charge in [-0.25, -0.2) is 0 Å². The molecule has 0 bridgehead atoms. The van der Waals surface area contributed by atoms with Gasteiger partial charge in [0, 0.05) is 18.9 Å². The number of hydrogen-bond donors (Lipinski definition) is 1. The molecule has 3 unspecified atom stereocenters. The van der Waals surface area contributed by atoms with Crippen molar-refractivity contribution in [2.45, 2.75) is 39.0 Å². The van der Waals surface area contributed by atoms with Gasteiger partial charge in [-0.1, -0.05) is 44.2 Å². The molecule has 1 N–H and O–H groups in total. The number of amides is 3. The van der Waals surface area contributed by atoms with Crippen LogP contribution in [0, 0.1) is 11.8 Å². The summed E-state index contributed by atoms with van der Waals surface area (Å²) >= 11 is 0. The number of pyridine rings is 1.